The second-order valence-electron chi connectivity index (χ2n) is 5.72. The zero-order valence-corrected chi connectivity index (χ0v) is 9.49. The van der Waals surface area contributed by atoms with Crippen LogP contribution < -0.4 is 0 Å². The number of hydrogen-bond donors (Lipinski definition) is 2. The summed E-state index contributed by atoms with van der Waals surface area (Å²) in [6, 6.07) is 0. The van der Waals surface area contributed by atoms with Gasteiger partial charge < -0.3 is 10.2 Å². The molecule has 0 radical (unpaired) electrons. The van der Waals surface area contributed by atoms with Crippen LogP contribution in [-0.2, 0) is 4.79 Å². The van der Waals surface area contributed by atoms with Crippen LogP contribution in [0.25, 0.3) is 0 Å². The number of fused-ring (bicyclic) bond motifs is 2. The van der Waals surface area contributed by atoms with Crippen LogP contribution in [0, 0.1) is 16.7 Å². The number of hydrogen-bond acceptors (Lipinski definition) is 2. The van der Waals surface area contributed by atoms with Gasteiger partial charge in [0.25, 0.3) is 0 Å². The highest BCUT2D eigenvalue weighted by molar-refractivity contribution is 5.66. The highest BCUT2D eigenvalue weighted by Crippen LogP contribution is 2.67. The van der Waals surface area contributed by atoms with Crippen molar-refractivity contribution >= 4 is 5.97 Å². The van der Waals surface area contributed by atoms with E-state index in [1.165, 1.54) is 0 Å². The van der Waals surface area contributed by atoms with E-state index in [0.717, 1.165) is 19.3 Å². The lowest BCUT2D eigenvalue weighted by molar-refractivity contribution is -0.138. The second kappa shape index (κ2) is 3.21. The summed E-state index contributed by atoms with van der Waals surface area (Å²) in [5.74, 6) is -0.197. The molecule has 4 atom stereocenters. The van der Waals surface area contributed by atoms with Gasteiger partial charge in [-0.3, -0.25) is 4.79 Å². The molecule has 3 nitrogen and oxygen atoms in total. The van der Waals surface area contributed by atoms with E-state index in [9.17, 15) is 9.90 Å². The van der Waals surface area contributed by atoms with Crippen LogP contribution in [0.3, 0.4) is 0 Å². The summed E-state index contributed by atoms with van der Waals surface area (Å²) in [7, 11) is 0. The molecule has 2 fully saturated rings. The second-order valence-corrected chi connectivity index (χ2v) is 5.72. The van der Waals surface area contributed by atoms with E-state index < -0.39 is 5.97 Å². The lowest BCUT2D eigenvalue weighted by atomic mass is 9.66. The molecule has 0 amide bonds. The predicted molar refractivity (Wildman–Crippen MR) is 56.4 cm³/mol. The Morgan fingerprint density at radius 2 is 2.13 bits per heavy atom. The number of carboxylic acid groups (broad SMARTS) is 1. The van der Waals surface area contributed by atoms with Crippen LogP contribution in [0.1, 0.15) is 46.0 Å². The van der Waals surface area contributed by atoms with Crippen LogP contribution >= 0.6 is 0 Å². The molecular weight excluding hydrogens is 192 g/mol. The van der Waals surface area contributed by atoms with Gasteiger partial charge in [0, 0.05) is 6.42 Å². The Hall–Kier alpha value is -0.570. The molecule has 0 unspecified atom stereocenters. The molecule has 0 aromatic heterocycles. The summed E-state index contributed by atoms with van der Waals surface area (Å²) in [6.45, 7) is 4.30. The third-order valence-corrected chi connectivity index (χ3v) is 5.32. The molecule has 0 aromatic rings. The van der Waals surface area contributed by atoms with Gasteiger partial charge in [0.1, 0.15) is 0 Å². The molecule has 0 heterocycles. The van der Waals surface area contributed by atoms with Crippen molar-refractivity contribution in [3.8, 4) is 0 Å². The minimum absolute atomic E-state index is 0.0325. The Kier molecular flexibility index (Phi) is 2.34. The van der Waals surface area contributed by atoms with E-state index in [1.54, 1.807) is 0 Å². The molecule has 0 spiro atoms. The largest absolute Gasteiger partial charge is 0.481 e. The van der Waals surface area contributed by atoms with Gasteiger partial charge in [-0.25, -0.2) is 0 Å². The van der Waals surface area contributed by atoms with Gasteiger partial charge in [-0.2, -0.15) is 0 Å². The van der Waals surface area contributed by atoms with Gasteiger partial charge in [0.15, 0.2) is 0 Å². The normalized spacial score (nSPS) is 48.5. The molecule has 0 aromatic carbocycles. The molecule has 3 heteroatoms. The Morgan fingerprint density at radius 3 is 2.53 bits per heavy atom. The first-order valence-electron chi connectivity index (χ1n) is 5.80. The summed E-state index contributed by atoms with van der Waals surface area (Å²) in [4.78, 5) is 10.7. The number of carboxylic acids is 1. The van der Waals surface area contributed by atoms with Crippen LogP contribution in [-0.4, -0.2) is 22.3 Å². The fourth-order valence-electron chi connectivity index (χ4n) is 3.86. The SMILES string of the molecule is C[C@@]1(CCC(=O)O)[C@H]2CC[C@]1(C)[C@@H](O)C2. The summed E-state index contributed by atoms with van der Waals surface area (Å²) < 4.78 is 0. The number of carbonyl (C=O) groups is 1. The highest BCUT2D eigenvalue weighted by atomic mass is 16.4. The molecule has 2 aliphatic carbocycles. The van der Waals surface area contributed by atoms with Crippen LogP contribution in [0.15, 0.2) is 0 Å². The monoisotopic (exact) mass is 212 g/mol. The van der Waals surface area contributed by atoms with E-state index in [1.807, 2.05) is 0 Å². The zero-order chi connectivity index (χ0) is 11.3. The van der Waals surface area contributed by atoms with Gasteiger partial charge >= 0.3 is 5.97 Å². The molecule has 2 bridgehead atoms. The fourth-order valence-corrected chi connectivity index (χ4v) is 3.86. The molecule has 2 aliphatic rings. The average molecular weight is 212 g/mol. The summed E-state index contributed by atoms with van der Waals surface area (Å²) in [5, 5.41) is 18.8. The van der Waals surface area contributed by atoms with Crippen LogP contribution in [0.2, 0.25) is 0 Å². The number of rotatable bonds is 3. The first-order valence-corrected chi connectivity index (χ1v) is 5.80. The van der Waals surface area contributed by atoms with Crippen molar-refractivity contribution in [1.82, 2.24) is 0 Å². The quantitative estimate of drug-likeness (QED) is 0.752. The molecular formula is C12H20O3. The van der Waals surface area contributed by atoms with E-state index in [-0.39, 0.29) is 23.4 Å². The maximum Gasteiger partial charge on any atom is 0.303 e. The maximum absolute atomic E-state index is 10.7. The van der Waals surface area contributed by atoms with Crippen molar-refractivity contribution in [1.29, 1.82) is 0 Å². The maximum atomic E-state index is 10.7. The van der Waals surface area contributed by atoms with E-state index in [0.29, 0.717) is 12.3 Å². The van der Waals surface area contributed by atoms with Crippen molar-refractivity contribution in [3.05, 3.63) is 0 Å². The van der Waals surface area contributed by atoms with Crippen molar-refractivity contribution in [2.24, 2.45) is 16.7 Å². The molecule has 2 saturated carbocycles. The van der Waals surface area contributed by atoms with Crippen molar-refractivity contribution in [2.45, 2.75) is 52.1 Å². The lowest BCUT2D eigenvalue weighted by Gasteiger charge is -2.39. The summed E-state index contributed by atoms with van der Waals surface area (Å²) in [6.07, 6.45) is 3.79. The first kappa shape index (κ1) is 10.9. The Morgan fingerprint density at radius 1 is 1.47 bits per heavy atom. The molecule has 0 saturated heterocycles. The minimum atomic E-state index is -0.722. The smallest absolute Gasteiger partial charge is 0.303 e. The van der Waals surface area contributed by atoms with Gasteiger partial charge in [0.2, 0.25) is 0 Å². The summed E-state index contributed by atoms with van der Waals surface area (Å²) in [5.41, 5.74) is -0.0159. The Labute approximate surface area is 90.5 Å². The Bertz CT molecular complexity index is 289. The van der Waals surface area contributed by atoms with Crippen molar-refractivity contribution in [2.75, 3.05) is 0 Å². The number of aliphatic hydroxyl groups excluding tert-OH is 1. The molecule has 2 N–H and O–H groups in total. The van der Waals surface area contributed by atoms with Gasteiger partial charge in [-0.05, 0) is 42.4 Å². The Balaban J connectivity index is 2.17. The predicted octanol–water partition coefficient (Wildman–Crippen LogP) is 2.04. The van der Waals surface area contributed by atoms with Gasteiger partial charge in [-0.15, -0.1) is 0 Å². The van der Waals surface area contributed by atoms with E-state index in [2.05, 4.69) is 13.8 Å². The third kappa shape index (κ3) is 1.32. The fraction of sp³-hybridized carbons (Fsp3) is 0.917. The van der Waals surface area contributed by atoms with Crippen molar-refractivity contribution in [3.63, 3.8) is 0 Å². The molecule has 15 heavy (non-hydrogen) atoms. The average Bonchev–Trinajstić information content (AvgIpc) is 2.50. The molecule has 2 rings (SSSR count). The standard InChI is InChI=1S/C12H20O3/c1-11(6-4-10(14)15)8-3-5-12(11,2)9(13)7-8/h8-9,13H,3-7H2,1-2H3,(H,14,15)/t8-,9-,11+,12+/m0/s1. The molecule has 0 aliphatic heterocycles. The minimum Gasteiger partial charge on any atom is -0.481 e. The third-order valence-electron chi connectivity index (χ3n) is 5.32. The highest BCUT2D eigenvalue weighted by Gasteiger charge is 2.62. The molecule has 86 valence electrons. The first-order chi connectivity index (χ1) is 6.90. The van der Waals surface area contributed by atoms with E-state index in [4.69, 9.17) is 5.11 Å². The van der Waals surface area contributed by atoms with Crippen LogP contribution in [0.4, 0.5) is 0 Å². The van der Waals surface area contributed by atoms with Gasteiger partial charge in [0.05, 0.1) is 6.10 Å². The summed E-state index contributed by atoms with van der Waals surface area (Å²) >= 11 is 0. The number of aliphatic carboxylic acids is 1. The topological polar surface area (TPSA) is 57.5 Å². The van der Waals surface area contributed by atoms with Crippen molar-refractivity contribution < 1.29 is 15.0 Å². The van der Waals surface area contributed by atoms with Gasteiger partial charge in [-0.1, -0.05) is 13.8 Å². The lowest BCUT2D eigenvalue weighted by Crippen LogP contribution is -2.37. The van der Waals surface area contributed by atoms with Crippen LogP contribution in [0.5, 0.6) is 0 Å². The number of aliphatic hydroxyl groups is 1. The zero-order valence-electron chi connectivity index (χ0n) is 9.49. The van der Waals surface area contributed by atoms with E-state index >= 15 is 0 Å².